The van der Waals surface area contributed by atoms with Crippen molar-refractivity contribution >= 4 is 5.91 Å². The number of nitrogens with one attached hydrogen (secondary N) is 1. The van der Waals surface area contributed by atoms with E-state index in [4.69, 9.17) is 4.74 Å². The third-order valence-corrected chi connectivity index (χ3v) is 6.72. The third-order valence-electron chi connectivity index (χ3n) is 6.72. The van der Waals surface area contributed by atoms with Crippen LogP contribution in [0.3, 0.4) is 0 Å². The molecular formula is C20H31N3O2. The lowest BCUT2D eigenvalue weighted by Gasteiger charge is -2.46. The van der Waals surface area contributed by atoms with Gasteiger partial charge in [-0.15, -0.1) is 0 Å². The number of nitrogens with zero attached hydrogens (tertiary/aromatic N) is 2. The molecule has 4 saturated carbocycles. The molecule has 25 heavy (non-hydrogen) atoms. The van der Waals surface area contributed by atoms with Crippen molar-refractivity contribution in [1.82, 2.24) is 15.1 Å². The lowest BCUT2D eigenvalue weighted by atomic mass is 9.60. The zero-order valence-corrected chi connectivity index (χ0v) is 15.4. The van der Waals surface area contributed by atoms with Gasteiger partial charge in [0.2, 0.25) is 5.88 Å². The van der Waals surface area contributed by atoms with Gasteiger partial charge in [0.15, 0.2) is 0 Å². The van der Waals surface area contributed by atoms with Gasteiger partial charge in [-0.3, -0.25) is 4.79 Å². The predicted octanol–water partition coefficient (Wildman–Crippen LogP) is 3.55. The predicted molar refractivity (Wildman–Crippen MR) is 96.5 cm³/mol. The average molecular weight is 345 g/mol. The molecule has 1 aromatic rings. The average Bonchev–Trinajstić information content (AvgIpc) is 2.99. The van der Waals surface area contributed by atoms with Crippen LogP contribution in [-0.2, 0) is 7.05 Å². The van der Waals surface area contributed by atoms with E-state index in [2.05, 4.69) is 10.4 Å². The number of rotatable bonds is 6. The molecule has 5 heteroatoms. The summed E-state index contributed by atoms with van der Waals surface area (Å²) in [7, 11) is 1.85. The van der Waals surface area contributed by atoms with Crippen LogP contribution in [0.2, 0.25) is 0 Å². The van der Waals surface area contributed by atoms with Gasteiger partial charge in [0, 0.05) is 13.6 Å². The summed E-state index contributed by atoms with van der Waals surface area (Å²) in [4.78, 5) is 12.6. The molecule has 5 nitrogen and oxygen atoms in total. The van der Waals surface area contributed by atoms with Gasteiger partial charge in [-0.2, -0.15) is 5.10 Å². The van der Waals surface area contributed by atoms with Crippen LogP contribution in [-0.4, -0.2) is 28.8 Å². The Morgan fingerprint density at radius 3 is 2.76 bits per heavy atom. The van der Waals surface area contributed by atoms with Gasteiger partial charge in [0.1, 0.15) is 5.56 Å². The number of aromatic nitrogens is 2. The molecular weight excluding hydrogens is 314 g/mol. The van der Waals surface area contributed by atoms with Crippen molar-refractivity contribution in [3.8, 4) is 5.88 Å². The van der Waals surface area contributed by atoms with E-state index in [0.29, 0.717) is 29.9 Å². The zero-order chi connectivity index (χ0) is 17.2. The largest absolute Gasteiger partial charge is 0.477 e. The molecule has 1 atom stereocenters. The minimum absolute atomic E-state index is 0.0341. The van der Waals surface area contributed by atoms with E-state index in [1.165, 1.54) is 57.8 Å². The maximum atomic E-state index is 12.6. The summed E-state index contributed by atoms with van der Waals surface area (Å²) in [6, 6.07) is 0. The van der Waals surface area contributed by atoms with Gasteiger partial charge in [0.05, 0.1) is 12.8 Å². The Morgan fingerprint density at radius 1 is 1.24 bits per heavy atom. The monoisotopic (exact) mass is 345 g/mol. The number of aryl methyl sites for hydroxylation is 1. The minimum Gasteiger partial charge on any atom is -0.477 e. The topological polar surface area (TPSA) is 56.2 Å². The molecule has 0 aliphatic heterocycles. The van der Waals surface area contributed by atoms with Crippen LogP contribution < -0.4 is 10.1 Å². The van der Waals surface area contributed by atoms with Crippen LogP contribution in [0.25, 0.3) is 0 Å². The standard InChI is InChI=1S/C20H31N3O2/c1-23-20(25-13-14-5-3-2-4-6-14)18(12-22-23)19(24)21-11-16-8-7-15-9-17(16)10-15/h12,14-17H,2-11,13H2,1H3,(H,21,24)/t15?,16-,17?/m1/s1. The van der Waals surface area contributed by atoms with E-state index in [1.54, 1.807) is 10.9 Å². The van der Waals surface area contributed by atoms with E-state index in [-0.39, 0.29) is 5.91 Å². The molecule has 0 saturated heterocycles. The smallest absolute Gasteiger partial charge is 0.258 e. The van der Waals surface area contributed by atoms with Crippen molar-refractivity contribution in [2.45, 2.75) is 57.8 Å². The summed E-state index contributed by atoms with van der Waals surface area (Å²) in [6.07, 6.45) is 13.4. The summed E-state index contributed by atoms with van der Waals surface area (Å²) >= 11 is 0. The van der Waals surface area contributed by atoms with E-state index < -0.39 is 0 Å². The zero-order valence-electron chi connectivity index (χ0n) is 15.4. The highest BCUT2D eigenvalue weighted by molar-refractivity contribution is 5.96. The van der Waals surface area contributed by atoms with Gasteiger partial charge in [0.25, 0.3) is 5.91 Å². The summed E-state index contributed by atoms with van der Waals surface area (Å²) in [5.41, 5.74) is 0.584. The first-order chi connectivity index (χ1) is 12.2. The molecule has 0 radical (unpaired) electrons. The second-order valence-electron chi connectivity index (χ2n) is 8.45. The van der Waals surface area contributed by atoms with E-state index >= 15 is 0 Å². The minimum atomic E-state index is -0.0341. The summed E-state index contributed by atoms with van der Waals surface area (Å²) < 4.78 is 7.72. The Morgan fingerprint density at radius 2 is 2.04 bits per heavy atom. The van der Waals surface area contributed by atoms with Gasteiger partial charge in [-0.1, -0.05) is 25.7 Å². The van der Waals surface area contributed by atoms with Crippen molar-refractivity contribution in [2.75, 3.05) is 13.2 Å². The van der Waals surface area contributed by atoms with Crippen molar-refractivity contribution < 1.29 is 9.53 Å². The lowest BCUT2D eigenvalue weighted by molar-refractivity contribution is 0.0484. The first-order valence-corrected chi connectivity index (χ1v) is 10.1. The highest BCUT2D eigenvalue weighted by Gasteiger charge is 2.39. The lowest BCUT2D eigenvalue weighted by Crippen LogP contribution is -2.42. The Hall–Kier alpha value is -1.52. The van der Waals surface area contributed by atoms with Gasteiger partial charge < -0.3 is 10.1 Å². The van der Waals surface area contributed by atoms with Crippen molar-refractivity contribution in [2.24, 2.45) is 30.7 Å². The Labute approximate surface area is 150 Å². The maximum absolute atomic E-state index is 12.6. The highest BCUT2D eigenvalue weighted by atomic mass is 16.5. The number of ether oxygens (including phenoxy) is 1. The molecule has 0 unspecified atom stereocenters. The maximum Gasteiger partial charge on any atom is 0.258 e. The summed E-state index contributed by atoms with van der Waals surface area (Å²) in [6.45, 7) is 1.50. The Bertz CT molecular complexity index is 597. The molecule has 4 aliphatic rings. The molecule has 1 N–H and O–H groups in total. The molecule has 1 heterocycles. The third kappa shape index (κ3) is 3.70. The normalized spacial score (nSPS) is 29.1. The first-order valence-electron chi connectivity index (χ1n) is 10.1. The number of carbonyl (C=O) groups is 1. The number of carbonyl (C=O) groups excluding carboxylic acids is 1. The van der Waals surface area contributed by atoms with Crippen LogP contribution >= 0.6 is 0 Å². The van der Waals surface area contributed by atoms with Crippen LogP contribution in [0.4, 0.5) is 0 Å². The molecule has 4 fully saturated rings. The Kier molecular flexibility index (Phi) is 5.00. The van der Waals surface area contributed by atoms with Crippen molar-refractivity contribution in [3.05, 3.63) is 11.8 Å². The van der Waals surface area contributed by atoms with Crippen LogP contribution in [0.5, 0.6) is 5.88 Å². The summed E-state index contributed by atoms with van der Waals surface area (Å²) in [5, 5.41) is 7.39. The Balaban J connectivity index is 1.32. The molecule has 138 valence electrons. The van der Waals surface area contributed by atoms with Gasteiger partial charge in [-0.05, 0) is 55.8 Å². The molecule has 5 rings (SSSR count). The second kappa shape index (κ2) is 7.38. The molecule has 4 aliphatic carbocycles. The number of fused-ring (bicyclic) bond motifs is 2. The number of hydrogen-bond donors (Lipinski definition) is 1. The van der Waals surface area contributed by atoms with Gasteiger partial charge in [-0.25, -0.2) is 4.68 Å². The molecule has 1 amide bonds. The fourth-order valence-corrected chi connectivity index (χ4v) is 4.98. The van der Waals surface area contributed by atoms with E-state index in [0.717, 1.165) is 18.4 Å². The van der Waals surface area contributed by atoms with Crippen LogP contribution in [0.1, 0.15) is 68.1 Å². The second-order valence-corrected chi connectivity index (χ2v) is 8.45. The number of hydrogen-bond acceptors (Lipinski definition) is 3. The van der Waals surface area contributed by atoms with Crippen molar-refractivity contribution in [3.63, 3.8) is 0 Å². The quantitative estimate of drug-likeness (QED) is 0.858. The van der Waals surface area contributed by atoms with Gasteiger partial charge >= 0.3 is 0 Å². The molecule has 1 aromatic heterocycles. The highest BCUT2D eigenvalue weighted by Crippen LogP contribution is 2.48. The van der Waals surface area contributed by atoms with Crippen molar-refractivity contribution in [1.29, 1.82) is 0 Å². The van der Waals surface area contributed by atoms with Crippen LogP contribution in [0, 0.1) is 23.7 Å². The first kappa shape index (κ1) is 16.9. The van der Waals surface area contributed by atoms with E-state index in [9.17, 15) is 4.79 Å². The SMILES string of the molecule is Cn1ncc(C(=O)NC[C@H]2CCC3CC2C3)c1OCC1CCCCC1. The van der Waals surface area contributed by atoms with Crippen LogP contribution in [0.15, 0.2) is 6.20 Å². The van der Waals surface area contributed by atoms with E-state index in [1.807, 2.05) is 7.05 Å². The molecule has 2 bridgehead atoms. The number of amides is 1. The molecule has 0 spiro atoms. The molecule has 0 aromatic carbocycles. The fourth-order valence-electron chi connectivity index (χ4n) is 4.98. The fraction of sp³-hybridized carbons (Fsp3) is 0.800. The summed E-state index contributed by atoms with van der Waals surface area (Å²) in [5.74, 6) is 3.69.